The van der Waals surface area contributed by atoms with Gasteiger partial charge in [-0.05, 0) is 37.7 Å². The maximum atomic E-state index is 11.2. The Labute approximate surface area is 106 Å². The summed E-state index contributed by atoms with van der Waals surface area (Å²) in [7, 11) is 2.18. The minimum Gasteiger partial charge on any atom is -0.366 e. The predicted octanol–water partition coefficient (Wildman–Crippen LogP) is 0.698. The van der Waals surface area contributed by atoms with Crippen molar-refractivity contribution in [2.75, 3.05) is 25.0 Å². The second-order valence-electron chi connectivity index (χ2n) is 5.12. The molecule has 0 aliphatic carbocycles. The van der Waals surface area contributed by atoms with Crippen LogP contribution in [0.25, 0.3) is 0 Å². The van der Waals surface area contributed by atoms with E-state index in [1.165, 1.54) is 6.42 Å². The summed E-state index contributed by atoms with van der Waals surface area (Å²) in [6.07, 6.45) is 1.23. The van der Waals surface area contributed by atoms with Gasteiger partial charge in [-0.2, -0.15) is 0 Å². The van der Waals surface area contributed by atoms with Gasteiger partial charge in [0.1, 0.15) is 0 Å². The van der Waals surface area contributed by atoms with Crippen LogP contribution in [0.15, 0.2) is 24.3 Å². The zero-order valence-corrected chi connectivity index (χ0v) is 10.3. The van der Waals surface area contributed by atoms with Crippen LogP contribution in [0.4, 0.5) is 5.69 Å². The van der Waals surface area contributed by atoms with E-state index in [2.05, 4.69) is 16.8 Å². The third-order valence-corrected chi connectivity index (χ3v) is 4.08. The number of hydrogen-bond donors (Lipinski definition) is 2. The molecule has 0 spiro atoms. The lowest BCUT2D eigenvalue weighted by molar-refractivity contribution is 0.0706. The number of hydrogen-bond acceptors (Lipinski definition) is 4. The van der Waals surface area contributed by atoms with E-state index < -0.39 is 5.91 Å². The van der Waals surface area contributed by atoms with Gasteiger partial charge < -0.3 is 4.90 Å². The van der Waals surface area contributed by atoms with E-state index in [9.17, 15) is 4.79 Å². The molecule has 2 unspecified atom stereocenters. The fraction of sp³-hybridized carbons (Fsp3) is 0.462. The third kappa shape index (κ3) is 1.76. The van der Waals surface area contributed by atoms with Crippen LogP contribution in [0.3, 0.4) is 0 Å². The fourth-order valence-electron chi connectivity index (χ4n) is 3.05. The van der Waals surface area contributed by atoms with Crippen LogP contribution >= 0.6 is 0 Å². The molecule has 2 heterocycles. The molecule has 2 bridgehead atoms. The lowest BCUT2D eigenvalue weighted by atomic mass is 10.1. The average molecular weight is 247 g/mol. The van der Waals surface area contributed by atoms with E-state index in [1.807, 2.05) is 12.1 Å². The number of anilines is 1. The zero-order chi connectivity index (χ0) is 12.7. The summed E-state index contributed by atoms with van der Waals surface area (Å²) in [5.41, 5.74) is 3.28. The quantitative estimate of drug-likeness (QED) is 0.596. The van der Waals surface area contributed by atoms with Gasteiger partial charge in [-0.1, -0.05) is 0 Å². The molecular formula is C13H17N3O2. The summed E-state index contributed by atoms with van der Waals surface area (Å²) in [6, 6.07) is 8.65. The molecule has 2 N–H and O–H groups in total. The van der Waals surface area contributed by atoms with E-state index in [1.54, 1.807) is 17.6 Å². The lowest BCUT2D eigenvalue weighted by Crippen LogP contribution is -2.44. The number of amides is 1. The zero-order valence-electron chi connectivity index (χ0n) is 10.3. The van der Waals surface area contributed by atoms with Crippen molar-refractivity contribution in [1.29, 1.82) is 0 Å². The number of rotatable bonds is 2. The molecule has 0 saturated carbocycles. The smallest absolute Gasteiger partial charge is 0.274 e. The second kappa shape index (κ2) is 4.26. The van der Waals surface area contributed by atoms with Gasteiger partial charge in [0.05, 0.1) is 0 Å². The Hall–Kier alpha value is -1.59. The first-order valence-electron chi connectivity index (χ1n) is 6.20. The maximum Gasteiger partial charge on any atom is 0.274 e. The van der Waals surface area contributed by atoms with Gasteiger partial charge in [0.25, 0.3) is 5.91 Å². The highest BCUT2D eigenvalue weighted by atomic mass is 16.5. The van der Waals surface area contributed by atoms with Gasteiger partial charge in [0, 0.05) is 36.4 Å². The van der Waals surface area contributed by atoms with E-state index in [4.69, 9.17) is 5.21 Å². The van der Waals surface area contributed by atoms with Crippen molar-refractivity contribution in [2.24, 2.45) is 0 Å². The van der Waals surface area contributed by atoms with E-state index >= 15 is 0 Å². The van der Waals surface area contributed by atoms with Crippen LogP contribution in [0.5, 0.6) is 0 Å². The molecule has 0 radical (unpaired) electrons. The summed E-state index contributed by atoms with van der Waals surface area (Å²) >= 11 is 0. The number of benzene rings is 1. The number of hydroxylamine groups is 1. The van der Waals surface area contributed by atoms with Gasteiger partial charge in [-0.25, -0.2) is 5.48 Å². The molecule has 2 atom stereocenters. The second-order valence-corrected chi connectivity index (χ2v) is 5.12. The van der Waals surface area contributed by atoms with Crippen LogP contribution in [-0.2, 0) is 0 Å². The number of carbonyl (C=O) groups excluding carboxylic acids is 1. The monoisotopic (exact) mass is 247 g/mol. The Bertz CT molecular complexity index is 458. The number of likely N-dealkylation sites (N-methyl/N-ethyl adjacent to an activating group) is 1. The number of nitrogens with zero attached hydrogens (tertiary/aromatic N) is 2. The topological polar surface area (TPSA) is 55.8 Å². The molecule has 5 heteroatoms. The molecule has 5 nitrogen and oxygen atoms in total. The van der Waals surface area contributed by atoms with Crippen LogP contribution in [0.2, 0.25) is 0 Å². The molecule has 1 aromatic carbocycles. The SMILES string of the molecule is CN1CC2CC1CN2c1ccc(C(=O)NO)cc1. The molecular weight excluding hydrogens is 230 g/mol. The molecule has 2 aliphatic rings. The molecule has 96 valence electrons. The summed E-state index contributed by atoms with van der Waals surface area (Å²) in [4.78, 5) is 16.1. The van der Waals surface area contributed by atoms with Gasteiger partial charge in [0.15, 0.2) is 0 Å². The summed E-state index contributed by atoms with van der Waals surface area (Å²) in [6.45, 7) is 2.18. The molecule has 2 fully saturated rings. The predicted molar refractivity (Wildman–Crippen MR) is 67.9 cm³/mol. The Morgan fingerprint density at radius 3 is 2.50 bits per heavy atom. The normalized spacial score (nSPS) is 26.7. The van der Waals surface area contributed by atoms with Crippen molar-refractivity contribution in [1.82, 2.24) is 10.4 Å². The molecule has 18 heavy (non-hydrogen) atoms. The Morgan fingerprint density at radius 1 is 1.28 bits per heavy atom. The Kier molecular flexibility index (Phi) is 2.72. The highest BCUT2D eigenvalue weighted by Crippen LogP contribution is 2.33. The number of likely N-dealkylation sites (tertiary alicyclic amines) is 1. The standard InChI is InChI=1S/C13H17N3O2/c1-15-7-12-6-11(15)8-16(12)10-4-2-9(3-5-10)13(17)14-18/h2-5,11-12,18H,6-8H2,1H3,(H,14,17). The maximum absolute atomic E-state index is 11.2. The number of carbonyl (C=O) groups is 1. The lowest BCUT2D eigenvalue weighted by Gasteiger charge is -2.33. The summed E-state index contributed by atoms with van der Waals surface area (Å²) < 4.78 is 0. The van der Waals surface area contributed by atoms with Crippen LogP contribution in [0, 0.1) is 0 Å². The first-order chi connectivity index (χ1) is 8.69. The first-order valence-corrected chi connectivity index (χ1v) is 6.20. The van der Waals surface area contributed by atoms with Gasteiger partial charge in [-0.3, -0.25) is 14.9 Å². The molecule has 2 saturated heterocycles. The summed E-state index contributed by atoms with van der Waals surface area (Å²) in [5.74, 6) is -0.468. The van der Waals surface area contributed by atoms with Crippen LogP contribution in [-0.4, -0.2) is 48.2 Å². The highest BCUT2D eigenvalue weighted by molar-refractivity contribution is 5.93. The van der Waals surface area contributed by atoms with Crippen molar-refractivity contribution in [3.05, 3.63) is 29.8 Å². The van der Waals surface area contributed by atoms with Crippen LogP contribution < -0.4 is 10.4 Å². The fourth-order valence-corrected chi connectivity index (χ4v) is 3.05. The van der Waals surface area contributed by atoms with Gasteiger partial charge in [-0.15, -0.1) is 0 Å². The first kappa shape index (κ1) is 11.5. The third-order valence-electron chi connectivity index (χ3n) is 4.08. The highest BCUT2D eigenvalue weighted by Gasteiger charge is 2.41. The van der Waals surface area contributed by atoms with Crippen LogP contribution in [0.1, 0.15) is 16.8 Å². The largest absolute Gasteiger partial charge is 0.366 e. The van der Waals surface area contributed by atoms with Crippen molar-refractivity contribution in [3.8, 4) is 0 Å². The van der Waals surface area contributed by atoms with Crippen molar-refractivity contribution in [3.63, 3.8) is 0 Å². The number of piperazine rings is 1. The average Bonchev–Trinajstić information content (AvgIpc) is 2.97. The Balaban J connectivity index is 1.76. The number of nitrogens with one attached hydrogen (secondary N) is 1. The van der Waals surface area contributed by atoms with E-state index in [0.29, 0.717) is 17.6 Å². The molecule has 2 aliphatic heterocycles. The van der Waals surface area contributed by atoms with Crippen molar-refractivity contribution < 1.29 is 10.0 Å². The van der Waals surface area contributed by atoms with Crippen molar-refractivity contribution in [2.45, 2.75) is 18.5 Å². The minimum atomic E-state index is -0.468. The van der Waals surface area contributed by atoms with Crippen molar-refractivity contribution >= 4 is 11.6 Å². The molecule has 3 rings (SSSR count). The number of fused-ring (bicyclic) bond motifs is 2. The van der Waals surface area contributed by atoms with E-state index in [-0.39, 0.29) is 0 Å². The summed E-state index contributed by atoms with van der Waals surface area (Å²) in [5, 5.41) is 8.57. The minimum absolute atomic E-state index is 0.468. The van der Waals surface area contributed by atoms with E-state index in [0.717, 1.165) is 18.8 Å². The molecule has 0 aromatic heterocycles. The molecule has 1 amide bonds. The molecule has 1 aromatic rings. The van der Waals surface area contributed by atoms with Gasteiger partial charge >= 0.3 is 0 Å². The van der Waals surface area contributed by atoms with Gasteiger partial charge in [0.2, 0.25) is 0 Å². The Morgan fingerprint density at radius 2 is 2.00 bits per heavy atom.